The first-order chi connectivity index (χ1) is 13.7. The van der Waals surface area contributed by atoms with Gasteiger partial charge in [-0.15, -0.1) is 12.4 Å². The summed E-state index contributed by atoms with van der Waals surface area (Å²) in [6.45, 7) is 4.42. The molecule has 3 aromatic rings. The molecule has 0 amide bonds. The summed E-state index contributed by atoms with van der Waals surface area (Å²) in [6, 6.07) is 21.5. The Morgan fingerprint density at radius 3 is 2.24 bits per heavy atom. The summed E-state index contributed by atoms with van der Waals surface area (Å²) in [5, 5.41) is 4.91. The standard InChI is InChI=1S/C23H23Cl2NO2.ClH/c1-2-27-23-13-18(14-26-15-19-5-3-4-6-21(19)25)9-12-22(23)28-16-17-7-10-20(24)11-8-17;/h3-13,26H,2,14-16H2,1H3;1H. The van der Waals surface area contributed by atoms with Gasteiger partial charge in [0.2, 0.25) is 0 Å². The highest BCUT2D eigenvalue weighted by Gasteiger charge is 2.08. The molecule has 1 N–H and O–H groups in total. The summed E-state index contributed by atoms with van der Waals surface area (Å²) in [6.07, 6.45) is 0. The highest BCUT2D eigenvalue weighted by atomic mass is 35.5. The van der Waals surface area contributed by atoms with E-state index < -0.39 is 0 Å². The minimum absolute atomic E-state index is 0. The maximum Gasteiger partial charge on any atom is 0.161 e. The lowest BCUT2D eigenvalue weighted by Gasteiger charge is -2.14. The van der Waals surface area contributed by atoms with Crippen LogP contribution >= 0.6 is 35.6 Å². The van der Waals surface area contributed by atoms with Gasteiger partial charge in [0.25, 0.3) is 0 Å². The molecule has 0 spiro atoms. The van der Waals surface area contributed by atoms with Gasteiger partial charge in [-0.05, 0) is 53.9 Å². The molecule has 6 heteroatoms. The van der Waals surface area contributed by atoms with Crippen LogP contribution in [0.15, 0.2) is 66.7 Å². The van der Waals surface area contributed by atoms with E-state index >= 15 is 0 Å². The molecule has 154 valence electrons. The third-order valence-electron chi connectivity index (χ3n) is 4.22. The minimum atomic E-state index is 0. The molecular formula is C23H24Cl3NO2. The number of hydrogen-bond donors (Lipinski definition) is 1. The number of rotatable bonds is 9. The van der Waals surface area contributed by atoms with E-state index in [0.29, 0.717) is 31.3 Å². The average Bonchev–Trinajstić information content (AvgIpc) is 2.70. The quantitative estimate of drug-likeness (QED) is 0.392. The van der Waals surface area contributed by atoms with Crippen molar-refractivity contribution >= 4 is 35.6 Å². The van der Waals surface area contributed by atoms with Crippen LogP contribution in [0.1, 0.15) is 23.6 Å². The van der Waals surface area contributed by atoms with Crippen LogP contribution in [0.5, 0.6) is 11.5 Å². The molecule has 0 aromatic heterocycles. The molecule has 0 radical (unpaired) electrons. The number of hydrogen-bond acceptors (Lipinski definition) is 3. The van der Waals surface area contributed by atoms with E-state index in [1.54, 1.807) is 0 Å². The average molecular weight is 453 g/mol. The molecule has 0 saturated carbocycles. The van der Waals surface area contributed by atoms with Crippen LogP contribution in [-0.4, -0.2) is 6.61 Å². The fourth-order valence-electron chi connectivity index (χ4n) is 2.77. The summed E-state index contributed by atoms with van der Waals surface area (Å²) in [5.74, 6) is 1.47. The van der Waals surface area contributed by atoms with E-state index in [4.69, 9.17) is 32.7 Å². The van der Waals surface area contributed by atoms with Gasteiger partial charge in [0.1, 0.15) is 6.61 Å². The highest BCUT2D eigenvalue weighted by molar-refractivity contribution is 6.31. The van der Waals surface area contributed by atoms with E-state index in [1.165, 1.54) is 0 Å². The van der Waals surface area contributed by atoms with Gasteiger partial charge in [-0.1, -0.05) is 59.6 Å². The molecule has 29 heavy (non-hydrogen) atoms. The Bertz CT molecular complexity index is 901. The Hall–Kier alpha value is -1.91. The van der Waals surface area contributed by atoms with E-state index in [2.05, 4.69) is 5.32 Å². The molecular weight excluding hydrogens is 429 g/mol. The lowest BCUT2D eigenvalue weighted by Crippen LogP contribution is -2.13. The molecule has 0 saturated heterocycles. The van der Waals surface area contributed by atoms with Gasteiger partial charge in [-0.25, -0.2) is 0 Å². The second kappa shape index (κ2) is 11.9. The molecule has 0 unspecified atom stereocenters. The maximum atomic E-state index is 6.20. The van der Waals surface area contributed by atoms with Crippen molar-refractivity contribution < 1.29 is 9.47 Å². The first-order valence-corrected chi connectivity index (χ1v) is 9.98. The summed E-state index contributed by atoms with van der Waals surface area (Å²) >= 11 is 12.1. The van der Waals surface area contributed by atoms with Crippen molar-refractivity contribution in [2.24, 2.45) is 0 Å². The van der Waals surface area contributed by atoms with Crippen molar-refractivity contribution in [1.29, 1.82) is 0 Å². The van der Waals surface area contributed by atoms with E-state index in [-0.39, 0.29) is 12.4 Å². The maximum absolute atomic E-state index is 6.20. The summed E-state index contributed by atoms with van der Waals surface area (Å²) < 4.78 is 11.7. The summed E-state index contributed by atoms with van der Waals surface area (Å²) in [7, 11) is 0. The van der Waals surface area contributed by atoms with Crippen LogP contribution < -0.4 is 14.8 Å². The second-order valence-corrected chi connectivity index (χ2v) is 7.17. The predicted octanol–water partition coefficient (Wildman–Crippen LogP) is 6.68. The topological polar surface area (TPSA) is 30.5 Å². The van der Waals surface area contributed by atoms with Gasteiger partial charge >= 0.3 is 0 Å². The molecule has 0 aliphatic carbocycles. The molecule has 3 rings (SSSR count). The molecule has 0 fully saturated rings. The van der Waals surface area contributed by atoms with Crippen molar-refractivity contribution in [3.05, 3.63) is 93.5 Å². The SMILES string of the molecule is CCOc1cc(CNCc2ccccc2Cl)ccc1OCc1ccc(Cl)cc1.Cl. The van der Waals surface area contributed by atoms with Gasteiger partial charge in [-0.3, -0.25) is 0 Å². The van der Waals surface area contributed by atoms with Gasteiger partial charge < -0.3 is 14.8 Å². The monoisotopic (exact) mass is 451 g/mol. The smallest absolute Gasteiger partial charge is 0.161 e. The van der Waals surface area contributed by atoms with Gasteiger partial charge in [0.05, 0.1) is 6.61 Å². The van der Waals surface area contributed by atoms with Crippen molar-refractivity contribution in [3.63, 3.8) is 0 Å². The first kappa shape index (κ1) is 23.4. The fourth-order valence-corrected chi connectivity index (χ4v) is 3.10. The lowest BCUT2D eigenvalue weighted by molar-refractivity contribution is 0.269. The number of halogens is 3. The predicted molar refractivity (Wildman–Crippen MR) is 123 cm³/mol. The van der Waals surface area contributed by atoms with Crippen molar-refractivity contribution in [1.82, 2.24) is 5.32 Å². The fraction of sp³-hybridized carbons (Fsp3) is 0.217. The van der Waals surface area contributed by atoms with E-state index in [1.807, 2.05) is 73.7 Å². The molecule has 3 nitrogen and oxygen atoms in total. The zero-order valence-electron chi connectivity index (χ0n) is 16.2. The number of benzene rings is 3. The Labute approximate surface area is 188 Å². The Kier molecular flexibility index (Phi) is 9.62. The lowest BCUT2D eigenvalue weighted by atomic mass is 10.1. The molecule has 0 aliphatic heterocycles. The van der Waals surface area contributed by atoms with Crippen molar-refractivity contribution in [2.45, 2.75) is 26.6 Å². The molecule has 3 aromatic carbocycles. The van der Waals surface area contributed by atoms with Crippen LogP contribution in [0, 0.1) is 0 Å². The highest BCUT2D eigenvalue weighted by Crippen LogP contribution is 2.29. The van der Waals surface area contributed by atoms with Gasteiger partial charge in [0.15, 0.2) is 11.5 Å². The summed E-state index contributed by atoms with van der Waals surface area (Å²) in [4.78, 5) is 0. The van der Waals surface area contributed by atoms with Gasteiger partial charge in [0, 0.05) is 23.1 Å². The van der Waals surface area contributed by atoms with Crippen LogP contribution in [0.2, 0.25) is 10.0 Å². The minimum Gasteiger partial charge on any atom is -0.490 e. The number of ether oxygens (including phenoxy) is 2. The Morgan fingerprint density at radius 1 is 0.793 bits per heavy atom. The van der Waals surface area contributed by atoms with Crippen LogP contribution in [-0.2, 0) is 19.7 Å². The normalized spacial score (nSPS) is 10.3. The third-order valence-corrected chi connectivity index (χ3v) is 4.84. The largest absolute Gasteiger partial charge is 0.490 e. The zero-order chi connectivity index (χ0) is 19.8. The number of nitrogens with one attached hydrogen (secondary N) is 1. The molecule has 0 heterocycles. The third kappa shape index (κ3) is 7.13. The zero-order valence-corrected chi connectivity index (χ0v) is 18.5. The first-order valence-electron chi connectivity index (χ1n) is 9.23. The van der Waals surface area contributed by atoms with Gasteiger partial charge in [-0.2, -0.15) is 0 Å². The van der Waals surface area contributed by atoms with Crippen LogP contribution in [0.25, 0.3) is 0 Å². The Morgan fingerprint density at radius 2 is 1.52 bits per heavy atom. The van der Waals surface area contributed by atoms with Crippen molar-refractivity contribution in [3.8, 4) is 11.5 Å². The van der Waals surface area contributed by atoms with Crippen molar-refractivity contribution in [2.75, 3.05) is 6.61 Å². The second-order valence-electron chi connectivity index (χ2n) is 6.32. The molecule has 0 atom stereocenters. The van der Waals surface area contributed by atoms with E-state index in [9.17, 15) is 0 Å². The summed E-state index contributed by atoms with van der Waals surface area (Å²) in [5.41, 5.74) is 3.25. The van der Waals surface area contributed by atoms with E-state index in [0.717, 1.165) is 33.2 Å². The van der Waals surface area contributed by atoms with Crippen LogP contribution in [0.4, 0.5) is 0 Å². The van der Waals surface area contributed by atoms with Crippen LogP contribution in [0.3, 0.4) is 0 Å². The molecule has 0 bridgehead atoms. The molecule has 0 aliphatic rings. The Balaban J connectivity index is 0.00000300.